The Morgan fingerprint density at radius 3 is 2.50 bits per heavy atom. The van der Waals surface area contributed by atoms with E-state index in [1.807, 2.05) is 19.1 Å². The molecule has 7 heteroatoms. The van der Waals surface area contributed by atoms with E-state index in [2.05, 4.69) is 39.7 Å². The van der Waals surface area contributed by atoms with Gasteiger partial charge in [-0.1, -0.05) is 30.7 Å². The molecule has 144 valence electrons. The van der Waals surface area contributed by atoms with Crippen LogP contribution < -0.4 is 10.6 Å². The molecule has 1 aromatic heterocycles. The molecular weight excluding hydrogens is 376 g/mol. The molecule has 0 fully saturated rings. The summed E-state index contributed by atoms with van der Waals surface area (Å²) in [6.07, 6.45) is 0.987. The molecule has 0 spiro atoms. The summed E-state index contributed by atoms with van der Waals surface area (Å²) in [7, 11) is 1.34. The lowest BCUT2D eigenvalue weighted by Gasteiger charge is -2.12. The highest BCUT2D eigenvalue weighted by molar-refractivity contribution is 6.33. The monoisotopic (exact) mass is 396 g/mol. The maximum absolute atomic E-state index is 11.8. The second-order valence-corrected chi connectivity index (χ2v) is 6.61. The molecule has 0 aliphatic heterocycles. The molecule has 1 heterocycles. The zero-order valence-corrected chi connectivity index (χ0v) is 16.7. The van der Waals surface area contributed by atoms with Crippen molar-refractivity contribution >= 4 is 40.7 Å². The third kappa shape index (κ3) is 4.78. The second kappa shape index (κ2) is 8.71. The summed E-state index contributed by atoms with van der Waals surface area (Å²) in [6.45, 7) is 4.00. The lowest BCUT2D eigenvalue weighted by Crippen LogP contribution is -2.04. The molecule has 2 N–H and O–H groups in total. The van der Waals surface area contributed by atoms with Gasteiger partial charge >= 0.3 is 5.97 Å². The Kier molecular flexibility index (Phi) is 6.11. The van der Waals surface area contributed by atoms with Gasteiger partial charge in [0.15, 0.2) is 0 Å². The van der Waals surface area contributed by atoms with Crippen molar-refractivity contribution in [1.29, 1.82) is 0 Å². The minimum Gasteiger partial charge on any atom is -0.465 e. The van der Waals surface area contributed by atoms with Crippen LogP contribution >= 0.6 is 11.6 Å². The molecule has 28 heavy (non-hydrogen) atoms. The first-order valence-corrected chi connectivity index (χ1v) is 9.23. The number of hydrogen-bond acceptors (Lipinski definition) is 6. The van der Waals surface area contributed by atoms with Crippen molar-refractivity contribution in [3.63, 3.8) is 0 Å². The van der Waals surface area contributed by atoms with Gasteiger partial charge in [0.2, 0.25) is 5.95 Å². The molecule has 0 unspecified atom stereocenters. The van der Waals surface area contributed by atoms with E-state index in [0.29, 0.717) is 28.0 Å². The van der Waals surface area contributed by atoms with Gasteiger partial charge in [-0.15, -0.1) is 0 Å². The van der Waals surface area contributed by atoms with Crippen molar-refractivity contribution in [1.82, 2.24) is 9.97 Å². The zero-order valence-electron chi connectivity index (χ0n) is 15.9. The van der Waals surface area contributed by atoms with Crippen LogP contribution in [0.4, 0.5) is 23.1 Å². The topological polar surface area (TPSA) is 76.1 Å². The standard InChI is InChI=1S/C21H21ClN4O2/c1-4-14-5-8-16(9-6-14)24-21-23-13(2)11-19(26-21)25-18-12-15(20(27)28-3)7-10-17(18)22/h5-12H,4H2,1-3H3,(H2,23,24,25,26). The van der Waals surface area contributed by atoms with Crippen LogP contribution in [-0.2, 0) is 11.2 Å². The number of carbonyl (C=O) groups is 1. The van der Waals surface area contributed by atoms with Crippen molar-refractivity contribution in [2.45, 2.75) is 20.3 Å². The Morgan fingerprint density at radius 1 is 1.07 bits per heavy atom. The summed E-state index contributed by atoms with van der Waals surface area (Å²) in [5.74, 6) is 0.590. The normalized spacial score (nSPS) is 10.4. The number of halogens is 1. The Labute approximate surface area is 168 Å². The Balaban J connectivity index is 1.84. The van der Waals surface area contributed by atoms with Crippen LogP contribution in [0, 0.1) is 6.92 Å². The van der Waals surface area contributed by atoms with E-state index in [0.717, 1.165) is 17.8 Å². The first kappa shape index (κ1) is 19.6. The van der Waals surface area contributed by atoms with Gasteiger partial charge in [-0.3, -0.25) is 0 Å². The summed E-state index contributed by atoms with van der Waals surface area (Å²) < 4.78 is 4.76. The number of hydrogen-bond donors (Lipinski definition) is 2. The van der Waals surface area contributed by atoms with E-state index in [-0.39, 0.29) is 0 Å². The number of rotatable bonds is 6. The van der Waals surface area contributed by atoms with Gasteiger partial charge in [0.05, 0.1) is 23.4 Å². The molecule has 0 saturated carbocycles. The minimum atomic E-state index is -0.434. The van der Waals surface area contributed by atoms with E-state index < -0.39 is 5.97 Å². The predicted octanol–water partition coefficient (Wildman–Crippen LogP) is 5.27. The highest BCUT2D eigenvalue weighted by atomic mass is 35.5. The van der Waals surface area contributed by atoms with Gasteiger partial charge in [0, 0.05) is 17.4 Å². The van der Waals surface area contributed by atoms with E-state index >= 15 is 0 Å². The quantitative estimate of drug-likeness (QED) is 0.552. The van der Waals surface area contributed by atoms with Crippen LogP contribution in [0.25, 0.3) is 0 Å². The Bertz CT molecular complexity index is 990. The van der Waals surface area contributed by atoms with Crippen LogP contribution in [-0.4, -0.2) is 23.0 Å². The lowest BCUT2D eigenvalue weighted by molar-refractivity contribution is 0.0601. The average molecular weight is 397 g/mol. The Morgan fingerprint density at radius 2 is 1.82 bits per heavy atom. The van der Waals surface area contributed by atoms with Gasteiger partial charge in [0.25, 0.3) is 0 Å². The first-order valence-electron chi connectivity index (χ1n) is 8.85. The zero-order chi connectivity index (χ0) is 20.1. The molecule has 0 aliphatic rings. The number of ether oxygens (including phenoxy) is 1. The third-order valence-corrected chi connectivity index (χ3v) is 4.45. The summed E-state index contributed by atoms with van der Waals surface area (Å²) in [4.78, 5) is 20.7. The fourth-order valence-electron chi connectivity index (χ4n) is 2.65. The lowest BCUT2D eigenvalue weighted by atomic mass is 10.1. The number of nitrogens with zero attached hydrogens (tertiary/aromatic N) is 2. The number of esters is 1. The fraction of sp³-hybridized carbons (Fsp3) is 0.190. The molecule has 6 nitrogen and oxygen atoms in total. The summed E-state index contributed by atoms with van der Waals surface area (Å²) in [5.41, 5.74) is 3.90. The highest BCUT2D eigenvalue weighted by Gasteiger charge is 2.11. The SMILES string of the molecule is CCc1ccc(Nc2nc(C)cc(Nc3cc(C(=O)OC)ccc3Cl)n2)cc1. The second-order valence-electron chi connectivity index (χ2n) is 6.20. The maximum Gasteiger partial charge on any atom is 0.337 e. The van der Waals surface area contributed by atoms with Crippen LogP contribution in [0.3, 0.4) is 0 Å². The van der Waals surface area contributed by atoms with Crippen molar-refractivity contribution in [2.24, 2.45) is 0 Å². The number of aryl methyl sites for hydroxylation is 2. The summed E-state index contributed by atoms with van der Waals surface area (Å²) in [5, 5.41) is 6.82. The van der Waals surface area contributed by atoms with E-state index in [1.165, 1.54) is 12.7 Å². The van der Waals surface area contributed by atoms with Crippen molar-refractivity contribution in [3.8, 4) is 0 Å². The number of nitrogens with one attached hydrogen (secondary N) is 2. The van der Waals surface area contributed by atoms with Crippen molar-refractivity contribution in [2.75, 3.05) is 17.7 Å². The molecule has 0 radical (unpaired) electrons. The number of anilines is 4. The van der Waals surface area contributed by atoms with Crippen LogP contribution in [0.2, 0.25) is 5.02 Å². The molecular formula is C21H21ClN4O2. The Hall–Kier alpha value is -3.12. The summed E-state index contributed by atoms with van der Waals surface area (Å²) >= 11 is 6.26. The molecule has 0 atom stereocenters. The van der Waals surface area contributed by atoms with E-state index in [1.54, 1.807) is 24.3 Å². The average Bonchev–Trinajstić information content (AvgIpc) is 2.69. The molecule has 0 saturated heterocycles. The number of benzene rings is 2. The van der Waals surface area contributed by atoms with Crippen molar-refractivity contribution in [3.05, 3.63) is 70.4 Å². The van der Waals surface area contributed by atoms with Gasteiger partial charge in [-0.2, -0.15) is 4.98 Å². The number of methoxy groups -OCH3 is 1. The molecule has 0 bridgehead atoms. The molecule has 3 aromatic rings. The summed E-state index contributed by atoms with van der Waals surface area (Å²) in [6, 6.07) is 14.8. The van der Waals surface area contributed by atoms with Crippen LogP contribution in [0.5, 0.6) is 0 Å². The minimum absolute atomic E-state index is 0.398. The molecule has 3 rings (SSSR count). The predicted molar refractivity (Wildman–Crippen MR) is 112 cm³/mol. The molecule has 2 aromatic carbocycles. The van der Waals surface area contributed by atoms with E-state index in [4.69, 9.17) is 16.3 Å². The first-order chi connectivity index (χ1) is 13.5. The highest BCUT2D eigenvalue weighted by Crippen LogP contribution is 2.27. The molecule has 0 amide bonds. The van der Waals surface area contributed by atoms with Gasteiger partial charge in [-0.25, -0.2) is 9.78 Å². The number of aromatic nitrogens is 2. The largest absolute Gasteiger partial charge is 0.465 e. The third-order valence-electron chi connectivity index (χ3n) is 4.12. The maximum atomic E-state index is 11.8. The van der Waals surface area contributed by atoms with Gasteiger partial charge in [-0.05, 0) is 49.2 Å². The smallest absolute Gasteiger partial charge is 0.337 e. The van der Waals surface area contributed by atoms with Crippen LogP contribution in [0.1, 0.15) is 28.5 Å². The van der Waals surface area contributed by atoms with E-state index in [9.17, 15) is 4.79 Å². The van der Waals surface area contributed by atoms with Gasteiger partial charge in [0.1, 0.15) is 5.82 Å². The van der Waals surface area contributed by atoms with Crippen molar-refractivity contribution < 1.29 is 9.53 Å². The van der Waals surface area contributed by atoms with Crippen LogP contribution in [0.15, 0.2) is 48.5 Å². The molecule has 0 aliphatic carbocycles. The number of carbonyl (C=O) groups excluding carboxylic acids is 1. The van der Waals surface area contributed by atoms with Gasteiger partial charge < -0.3 is 15.4 Å². The fourth-order valence-corrected chi connectivity index (χ4v) is 2.81.